The fraction of sp³-hybridized carbons (Fsp3) is 0.231. The molecule has 0 spiro atoms. The average Bonchev–Trinajstić information content (AvgIpc) is 3.45. The lowest BCUT2D eigenvalue weighted by atomic mass is 10.0. The lowest BCUT2D eigenvalue weighted by Gasteiger charge is -2.17. The Balaban J connectivity index is 1.65. The first-order valence-electron chi connectivity index (χ1n) is 11.2. The van der Waals surface area contributed by atoms with Crippen molar-refractivity contribution >= 4 is 40.7 Å². The summed E-state index contributed by atoms with van der Waals surface area (Å²) < 4.78 is 20.9. The fourth-order valence-corrected chi connectivity index (χ4v) is 3.71. The molecule has 1 N–H and O–H groups in total. The van der Waals surface area contributed by atoms with Crippen LogP contribution in [0.1, 0.15) is 35.7 Å². The van der Waals surface area contributed by atoms with E-state index in [2.05, 4.69) is 10.1 Å². The highest BCUT2D eigenvalue weighted by molar-refractivity contribution is 6.14. The highest BCUT2D eigenvalue weighted by atomic mass is 16.6. The molecule has 0 bridgehead atoms. The van der Waals surface area contributed by atoms with E-state index >= 15 is 0 Å². The quantitative estimate of drug-likeness (QED) is 0.287. The Morgan fingerprint density at radius 3 is 2.64 bits per heavy atom. The van der Waals surface area contributed by atoms with Crippen LogP contribution >= 0.6 is 0 Å². The minimum atomic E-state index is -0.892. The van der Waals surface area contributed by atoms with Gasteiger partial charge in [-0.2, -0.15) is 0 Å². The molecule has 3 aromatic rings. The predicted octanol–water partition coefficient (Wildman–Crippen LogP) is 3.64. The molecule has 1 saturated heterocycles. The first-order chi connectivity index (χ1) is 17.3. The molecule has 1 unspecified atom stereocenters. The molecule has 36 heavy (non-hydrogen) atoms. The summed E-state index contributed by atoms with van der Waals surface area (Å²) in [6.45, 7) is 3.31. The fourth-order valence-electron chi connectivity index (χ4n) is 3.71. The zero-order chi connectivity index (χ0) is 25.8. The predicted molar refractivity (Wildman–Crippen MR) is 128 cm³/mol. The van der Waals surface area contributed by atoms with Gasteiger partial charge in [-0.15, -0.1) is 0 Å². The van der Waals surface area contributed by atoms with E-state index in [-0.39, 0.29) is 30.4 Å². The molecule has 0 radical (unpaired) electrons. The Morgan fingerprint density at radius 1 is 1.11 bits per heavy atom. The first kappa shape index (κ1) is 24.5. The molecule has 1 atom stereocenters. The van der Waals surface area contributed by atoms with Crippen LogP contribution in [-0.4, -0.2) is 48.6 Å². The normalized spacial score (nSPS) is 15.2. The van der Waals surface area contributed by atoms with Crippen molar-refractivity contribution in [1.29, 1.82) is 0 Å². The number of methoxy groups -OCH3 is 1. The molecule has 186 valence electrons. The van der Waals surface area contributed by atoms with Crippen LogP contribution in [-0.2, 0) is 25.6 Å². The summed E-state index contributed by atoms with van der Waals surface area (Å²) in [6, 6.07) is 13.2. The van der Waals surface area contributed by atoms with Gasteiger partial charge >= 0.3 is 18.0 Å². The van der Waals surface area contributed by atoms with Crippen LogP contribution in [0, 0.1) is 0 Å². The number of carbonyl (C=O) groups excluding carboxylic acids is 4. The maximum Gasteiger partial charge on any atom is 0.373 e. The number of imide groups is 1. The summed E-state index contributed by atoms with van der Waals surface area (Å²) in [7, 11) is 1.22. The van der Waals surface area contributed by atoms with E-state index in [0.29, 0.717) is 11.3 Å². The van der Waals surface area contributed by atoms with Crippen LogP contribution in [0.3, 0.4) is 0 Å². The summed E-state index contributed by atoms with van der Waals surface area (Å²) in [6.07, 6.45) is 0.620. The van der Waals surface area contributed by atoms with Gasteiger partial charge in [0.15, 0.2) is 6.10 Å². The summed E-state index contributed by atoms with van der Waals surface area (Å²) in [4.78, 5) is 50.4. The molecule has 3 amide bonds. The maximum absolute atomic E-state index is 13.1. The number of urea groups is 1. The second-order valence-corrected chi connectivity index (χ2v) is 7.85. The van der Waals surface area contributed by atoms with Gasteiger partial charge in [0.25, 0.3) is 5.91 Å². The molecule has 4 rings (SSSR count). The molecule has 0 aliphatic carbocycles. The van der Waals surface area contributed by atoms with Crippen LogP contribution in [0.15, 0.2) is 58.6 Å². The molecule has 2 aromatic carbocycles. The maximum atomic E-state index is 13.1. The number of amides is 3. The average molecular weight is 492 g/mol. The van der Waals surface area contributed by atoms with Crippen molar-refractivity contribution in [3.8, 4) is 5.75 Å². The molecule has 1 aromatic heterocycles. The van der Waals surface area contributed by atoms with Crippen molar-refractivity contribution in [1.82, 2.24) is 10.2 Å². The standard InChI is InChI=1S/C26H24N2O8/c1-4-34-24(30)15(2)35-21-11-9-16-7-5-6-8-18(16)19(21)13-20-23(29)28(26(32)27-20)14-17-10-12-22(36-17)25(31)33-3/h5-13,15H,4,14H2,1-3H3,(H,27,32). The molecule has 0 saturated carbocycles. The Bertz CT molecular complexity index is 1370. The smallest absolute Gasteiger partial charge is 0.373 e. The van der Waals surface area contributed by atoms with Gasteiger partial charge in [-0.1, -0.05) is 30.3 Å². The van der Waals surface area contributed by atoms with Gasteiger partial charge in [0.1, 0.15) is 17.2 Å². The molecular weight excluding hydrogens is 468 g/mol. The zero-order valence-corrected chi connectivity index (χ0v) is 19.9. The number of hydrogen-bond acceptors (Lipinski definition) is 8. The largest absolute Gasteiger partial charge is 0.478 e. The number of carbonyl (C=O) groups is 4. The Hall–Kier alpha value is -4.60. The molecular formula is C26H24N2O8. The van der Waals surface area contributed by atoms with E-state index < -0.39 is 30.0 Å². The van der Waals surface area contributed by atoms with Crippen LogP contribution in [0.5, 0.6) is 5.75 Å². The number of benzene rings is 2. The number of nitrogens with zero attached hydrogens (tertiary/aromatic N) is 1. The summed E-state index contributed by atoms with van der Waals surface area (Å²) in [5.74, 6) is -1.24. The number of esters is 2. The minimum Gasteiger partial charge on any atom is -0.478 e. The third-order valence-corrected chi connectivity index (χ3v) is 5.47. The van der Waals surface area contributed by atoms with Crippen molar-refractivity contribution in [3.63, 3.8) is 0 Å². The number of fused-ring (bicyclic) bond motifs is 1. The second kappa shape index (κ2) is 10.3. The van der Waals surface area contributed by atoms with Crippen LogP contribution in [0.2, 0.25) is 0 Å². The van der Waals surface area contributed by atoms with E-state index in [1.54, 1.807) is 19.9 Å². The van der Waals surface area contributed by atoms with Gasteiger partial charge in [0.05, 0.1) is 20.3 Å². The second-order valence-electron chi connectivity index (χ2n) is 7.85. The Morgan fingerprint density at radius 2 is 1.89 bits per heavy atom. The van der Waals surface area contributed by atoms with Crippen molar-refractivity contribution in [2.75, 3.05) is 13.7 Å². The van der Waals surface area contributed by atoms with Gasteiger partial charge in [-0.25, -0.2) is 14.4 Å². The van der Waals surface area contributed by atoms with Crippen molar-refractivity contribution in [2.45, 2.75) is 26.5 Å². The summed E-state index contributed by atoms with van der Waals surface area (Å²) >= 11 is 0. The minimum absolute atomic E-state index is 0.0183. The number of nitrogens with one attached hydrogen (secondary N) is 1. The summed E-state index contributed by atoms with van der Waals surface area (Å²) in [5.41, 5.74) is 0.533. The van der Waals surface area contributed by atoms with Gasteiger partial charge in [-0.3, -0.25) is 9.69 Å². The first-order valence-corrected chi connectivity index (χ1v) is 11.2. The van der Waals surface area contributed by atoms with Crippen molar-refractivity contribution in [2.24, 2.45) is 0 Å². The number of rotatable bonds is 8. The summed E-state index contributed by atoms with van der Waals surface area (Å²) in [5, 5.41) is 4.20. The monoisotopic (exact) mass is 492 g/mol. The third-order valence-electron chi connectivity index (χ3n) is 5.47. The lowest BCUT2D eigenvalue weighted by Crippen LogP contribution is -2.30. The SMILES string of the molecule is CCOC(=O)C(C)Oc1ccc2ccccc2c1C=C1NC(=O)N(Cc2ccc(C(=O)OC)o2)C1=O. The van der Waals surface area contributed by atoms with Crippen LogP contribution < -0.4 is 10.1 Å². The third kappa shape index (κ3) is 4.92. The number of hydrogen-bond donors (Lipinski definition) is 1. The van der Waals surface area contributed by atoms with Gasteiger partial charge < -0.3 is 23.9 Å². The van der Waals surface area contributed by atoms with Crippen LogP contribution in [0.4, 0.5) is 4.79 Å². The van der Waals surface area contributed by atoms with Crippen LogP contribution in [0.25, 0.3) is 16.8 Å². The molecule has 1 aliphatic rings. The molecule has 2 heterocycles. The van der Waals surface area contributed by atoms with E-state index in [0.717, 1.165) is 15.7 Å². The molecule has 10 heteroatoms. The molecule has 1 fully saturated rings. The molecule has 1 aliphatic heterocycles. The Labute approximate surface area is 206 Å². The molecule has 10 nitrogen and oxygen atoms in total. The van der Waals surface area contributed by atoms with E-state index in [4.69, 9.17) is 13.9 Å². The number of ether oxygens (including phenoxy) is 3. The highest BCUT2D eigenvalue weighted by Crippen LogP contribution is 2.32. The van der Waals surface area contributed by atoms with E-state index in [1.807, 2.05) is 30.3 Å². The number of furan rings is 1. The zero-order valence-electron chi connectivity index (χ0n) is 19.9. The van der Waals surface area contributed by atoms with Gasteiger partial charge in [0, 0.05) is 5.56 Å². The van der Waals surface area contributed by atoms with Gasteiger partial charge in [-0.05, 0) is 48.9 Å². The topological polar surface area (TPSA) is 124 Å². The lowest BCUT2D eigenvalue weighted by molar-refractivity contribution is -0.150. The van der Waals surface area contributed by atoms with Crippen molar-refractivity contribution < 1.29 is 37.8 Å². The highest BCUT2D eigenvalue weighted by Gasteiger charge is 2.35. The van der Waals surface area contributed by atoms with Gasteiger partial charge in [0.2, 0.25) is 5.76 Å². The van der Waals surface area contributed by atoms with E-state index in [1.165, 1.54) is 25.3 Å². The van der Waals surface area contributed by atoms with E-state index in [9.17, 15) is 19.2 Å². The Kier molecular flexibility index (Phi) is 7.05. The van der Waals surface area contributed by atoms with Crippen molar-refractivity contribution in [3.05, 3.63) is 71.3 Å².